The minimum atomic E-state index is -0.301. The molecule has 2 unspecified atom stereocenters. The van der Waals surface area contributed by atoms with Gasteiger partial charge < -0.3 is 10.2 Å². The summed E-state index contributed by atoms with van der Waals surface area (Å²) in [6.07, 6.45) is 6.86. The van der Waals surface area contributed by atoms with Crippen molar-refractivity contribution in [3.8, 4) is 0 Å². The van der Waals surface area contributed by atoms with Crippen molar-refractivity contribution in [3.63, 3.8) is 0 Å². The second kappa shape index (κ2) is 7.64. The maximum absolute atomic E-state index is 12.7. The van der Waals surface area contributed by atoms with Crippen LogP contribution in [0.15, 0.2) is 5.38 Å². The van der Waals surface area contributed by atoms with Gasteiger partial charge in [-0.2, -0.15) is 0 Å². The second-order valence-corrected chi connectivity index (χ2v) is 7.86. The van der Waals surface area contributed by atoms with Gasteiger partial charge in [-0.1, -0.05) is 19.8 Å². The van der Waals surface area contributed by atoms with Crippen molar-refractivity contribution >= 4 is 23.2 Å². The van der Waals surface area contributed by atoms with Gasteiger partial charge in [0, 0.05) is 17.8 Å². The fourth-order valence-electron chi connectivity index (χ4n) is 3.78. The number of hydrogen-bond acceptors (Lipinski definition) is 4. The monoisotopic (exact) mass is 349 g/mol. The third-order valence-electron chi connectivity index (χ3n) is 5.22. The summed E-state index contributed by atoms with van der Waals surface area (Å²) in [7, 11) is 0. The van der Waals surface area contributed by atoms with Gasteiger partial charge in [-0.05, 0) is 39.0 Å². The van der Waals surface area contributed by atoms with E-state index in [0.717, 1.165) is 62.2 Å². The normalized spacial score (nSPS) is 22.8. The zero-order valence-electron chi connectivity index (χ0n) is 14.6. The molecule has 0 aromatic carbocycles. The van der Waals surface area contributed by atoms with E-state index in [1.54, 1.807) is 11.3 Å². The first-order valence-electron chi connectivity index (χ1n) is 9.15. The number of nitrogens with one attached hydrogen (secondary N) is 1. The molecule has 1 N–H and O–H groups in total. The van der Waals surface area contributed by atoms with E-state index >= 15 is 0 Å². The molecule has 2 heterocycles. The maximum Gasteiger partial charge on any atom is 0.243 e. The SMILES string of the molecule is CCc1nc(C(C)NC(=O)C2CCCN2C(=O)C2CCCC2)cs1. The zero-order chi connectivity index (χ0) is 17.1. The van der Waals surface area contributed by atoms with Crippen LogP contribution in [-0.4, -0.2) is 34.3 Å². The lowest BCUT2D eigenvalue weighted by molar-refractivity contribution is -0.141. The first kappa shape index (κ1) is 17.4. The summed E-state index contributed by atoms with van der Waals surface area (Å²) in [4.78, 5) is 31.8. The Balaban J connectivity index is 1.61. The molecule has 132 valence electrons. The quantitative estimate of drug-likeness (QED) is 0.889. The third kappa shape index (κ3) is 3.63. The summed E-state index contributed by atoms with van der Waals surface area (Å²) in [5.74, 6) is 0.304. The van der Waals surface area contributed by atoms with Gasteiger partial charge >= 0.3 is 0 Å². The molecule has 2 amide bonds. The number of rotatable bonds is 5. The minimum absolute atomic E-state index is 0.0302. The Morgan fingerprint density at radius 3 is 2.75 bits per heavy atom. The van der Waals surface area contributed by atoms with Crippen LogP contribution in [0.25, 0.3) is 0 Å². The standard InChI is InChI=1S/C18H27N3O2S/c1-3-16-20-14(11-24-16)12(2)19-17(22)15-9-6-10-21(15)18(23)13-7-4-5-8-13/h11-13,15H,3-10H2,1-2H3,(H,19,22). The number of thiazole rings is 1. The van der Waals surface area contributed by atoms with Crippen LogP contribution in [0.3, 0.4) is 0 Å². The summed E-state index contributed by atoms with van der Waals surface area (Å²) >= 11 is 1.63. The van der Waals surface area contributed by atoms with E-state index in [1.165, 1.54) is 0 Å². The molecule has 5 nitrogen and oxygen atoms in total. The number of hydrogen-bond donors (Lipinski definition) is 1. The Hall–Kier alpha value is -1.43. The minimum Gasteiger partial charge on any atom is -0.346 e. The summed E-state index contributed by atoms with van der Waals surface area (Å²) in [5, 5.41) is 6.16. The first-order valence-corrected chi connectivity index (χ1v) is 10.0. The number of amides is 2. The Morgan fingerprint density at radius 1 is 1.33 bits per heavy atom. The number of aromatic nitrogens is 1. The average Bonchev–Trinajstić information content (AvgIpc) is 3.34. The van der Waals surface area contributed by atoms with Gasteiger partial charge in [-0.25, -0.2) is 4.98 Å². The molecule has 1 aliphatic heterocycles. The van der Waals surface area contributed by atoms with E-state index in [1.807, 2.05) is 17.2 Å². The van der Waals surface area contributed by atoms with Crippen LogP contribution in [0.1, 0.15) is 69.1 Å². The summed E-state index contributed by atoms with van der Waals surface area (Å²) < 4.78 is 0. The lowest BCUT2D eigenvalue weighted by atomic mass is 10.1. The first-order chi connectivity index (χ1) is 11.6. The highest BCUT2D eigenvalue weighted by Gasteiger charge is 2.38. The predicted octanol–water partition coefficient (Wildman–Crippen LogP) is 3.06. The molecular weight excluding hydrogens is 322 g/mol. The van der Waals surface area contributed by atoms with E-state index in [9.17, 15) is 9.59 Å². The highest BCUT2D eigenvalue weighted by molar-refractivity contribution is 7.09. The van der Waals surface area contributed by atoms with Crippen LogP contribution >= 0.6 is 11.3 Å². The van der Waals surface area contributed by atoms with E-state index in [0.29, 0.717) is 0 Å². The number of aryl methyl sites for hydroxylation is 1. The highest BCUT2D eigenvalue weighted by Crippen LogP contribution is 2.30. The van der Waals surface area contributed by atoms with Gasteiger partial charge in [-0.15, -0.1) is 11.3 Å². The molecule has 1 aromatic heterocycles. The molecule has 2 fully saturated rings. The van der Waals surface area contributed by atoms with Crippen LogP contribution in [0, 0.1) is 5.92 Å². The van der Waals surface area contributed by atoms with Gasteiger partial charge in [0.15, 0.2) is 0 Å². The Labute approximate surface area is 147 Å². The maximum atomic E-state index is 12.7. The molecule has 2 aliphatic rings. The van der Waals surface area contributed by atoms with Crippen LogP contribution in [-0.2, 0) is 16.0 Å². The molecule has 2 atom stereocenters. The van der Waals surface area contributed by atoms with Crippen LogP contribution in [0.2, 0.25) is 0 Å². The van der Waals surface area contributed by atoms with Crippen molar-refractivity contribution in [3.05, 3.63) is 16.1 Å². The van der Waals surface area contributed by atoms with Crippen molar-refractivity contribution in [1.82, 2.24) is 15.2 Å². The van der Waals surface area contributed by atoms with E-state index in [2.05, 4.69) is 17.2 Å². The molecule has 1 saturated heterocycles. The fourth-order valence-corrected chi connectivity index (χ4v) is 4.62. The van der Waals surface area contributed by atoms with Gasteiger partial charge in [0.25, 0.3) is 0 Å². The summed E-state index contributed by atoms with van der Waals surface area (Å²) in [6, 6.07) is -0.414. The zero-order valence-corrected chi connectivity index (χ0v) is 15.4. The van der Waals surface area contributed by atoms with Gasteiger partial charge in [-0.3, -0.25) is 9.59 Å². The largest absolute Gasteiger partial charge is 0.346 e. The van der Waals surface area contributed by atoms with Gasteiger partial charge in [0.05, 0.1) is 16.7 Å². The molecule has 0 spiro atoms. The van der Waals surface area contributed by atoms with Crippen LogP contribution in [0.5, 0.6) is 0 Å². The Morgan fingerprint density at radius 2 is 2.08 bits per heavy atom. The number of nitrogens with zero attached hydrogens (tertiary/aromatic N) is 2. The molecular formula is C18H27N3O2S. The Kier molecular flexibility index (Phi) is 5.54. The van der Waals surface area contributed by atoms with E-state index < -0.39 is 0 Å². The van der Waals surface area contributed by atoms with Gasteiger partial charge in [0.2, 0.25) is 11.8 Å². The molecule has 0 radical (unpaired) electrons. The topological polar surface area (TPSA) is 62.3 Å². The lowest BCUT2D eigenvalue weighted by Crippen LogP contribution is -2.48. The number of carbonyl (C=O) groups excluding carboxylic acids is 2. The molecule has 3 rings (SSSR count). The number of carbonyl (C=O) groups is 2. The number of likely N-dealkylation sites (tertiary alicyclic amines) is 1. The average molecular weight is 350 g/mol. The second-order valence-electron chi connectivity index (χ2n) is 6.92. The molecule has 6 heteroatoms. The summed E-state index contributed by atoms with van der Waals surface area (Å²) in [6.45, 7) is 4.76. The smallest absolute Gasteiger partial charge is 0.243 e. The molecule has 1 aliphatic carbocycles. The lowest BCUT2D eigenvalue weighted by Gasteiger charge is -2.27. The Bertz CT molecular complexity index is 595. The van der Waals surface area contributed by atoms with E-state index in [-0.39, 0.29) is 29.8 Å². The highest BCUT2D eigenvalue weighted by atomic mass is 32.1. The van der Waals surface area contributed by atoms with Crippen LogP contribution in [0.4, 0.5) is 0 Å². The molecule has 1 aromatic rings. The molecule has 24 heavy (non-hydrogen) atoms. The molecule has 1 saturated carbocycles. The van der Waals surface area contributed by atoms with Crippen LogP contribution < -0.4 is 5.32 Å². The third-order valence-corrected chi connectivity index (χ3v) is 6.23. The molecule has 0 bridgehead atoms. The van der Waals surface area contributed by atoms with Crippen molar-refractivity contribution in [2.24, 2.45) is 5.92 Å². The van der Waals surface area contributed by atoms with Crippen molar-refractivity contribution in [1.29, 1.82) is 0 Å². The fraction of sp³-hybridized carbons (Fsp3) is 0.722. The van der Waals surface area contributed by atoms with Crippen molar-refractivity contribution in [2.75, 3.05) is 6.54 Å². The van der Waals surface area contributed by atoms with Crippen molar-refractivity contribution in [2.45, 2.75) is 70.9 Å². The van der Waals surface area contributed by atoms with E-state index in [4.69, 9.17) is 0 Å². The predicted molar refractivity (Wildman–Crippen MR) is 94.7 cm³/mol. The van der Waals surface area contributed by atoms with Crippen molar-refractivity contribution < 1.29 is 9.59 Å². The summed E-state index contributed by atoms with van der Waals surface area (Å²) in [5.41, 5.74) is 0.914. The van der Waals surface area contributed by atoms with Gasteiger partial charge in [0.1, 0.15) is 6.04 Å².